The van der Waals surface area contributed by atoms with Gasteiger partial charge in [0.2, 0.25) is 5.91 Å². The Hall–Kier alpha value is -2.24. The van der Waals surface area contributed by atoms with Crippen LogP contribution in [0.15, 0.2) is 71.3 Å². The summed E-state index contributed by atoms with van der Waals surface area (Å²) in [5, 5.41) is 3.42. The van der Waals surface area contributed by atoms with Crippen LogP contribution in [0.1, 0.15) is 16.0 Å². The minimum absolute atomic E-state index is 0.177. The lowest BCUT2D eigenvalue weighted by Crippen LogP contribution is -2.06. The molecule has 0 fully saturated rings. The van der Waals surface area contributed by atoms with Gasteiger partial charge in [0.1, 0.15) is 0 Å². The molecule has 0 unspecified atom stereocenters. The average molecular weight is 399 g/mol. The van der Waals surface area contributed by atoms with E-state index in [4.69, 9.17) is 0 Å². The molecule has 120 valence electrons. The lowest BCUT2D eigenvalue weighted by molar-refractivity contribution is -0.111. The Morgan fingerprint density at radius 2 is 1.88 bits per heavy atom. The number of anilines is 1. The van der Waals surface area contributed by atoms with Gasteiger partial charge in [0.15, 0.2) is 5.13 Å². The van der Waals surface area contributed by atoms with Crippen LogP contribution in [0.4, 0.5) is 5.13 Å². The number of thiazole rings is 1. The Balaban J connectivity index is 1.58. The second kappa shape index (κ2) is 8.04. The Morgan fingerprint density at radius 1 is 1.12 bits per heavy atom. The fraction of sp³-hybridized carbons (Fsp3) is 0.0526. The van der Waals surface area contributed by atoms with E-state index < -0.39 is 0 Å². The van der Waals surface area contributed by atoms with Crippen LogP contribution in [0.2, 0.25) is 0 Å². The van der Waals surface area contributed by atoms with Crippen molar-refractivity contribution in [1.82, 2.24) is 4.98 Å². The molecule has 0 saturated heterocycles. The van der Waals surface area contributed by atoms with E-state index >= 15 is 0 Å². The SMILES string of the molecule is O=C(/C=C/c1ccccc1)Nc1ncc(Cc2ccc(Br)cc2)s1. The van der Waals surface area contributed by atoms with Crippen LogP contribution in [0.25, 0.3) is 6.08 Å². The fourth-order valence-electron chi connectivity index (χ4n) is 2.13. The quantitative estimate of drug-likeness (QED) is 0.603. The molecule has 0 aliphatic heterocycles. The van der Waals surface area contributed by atoms with Crippen molar-refractivity contribution in [3.63, 3.8) is 0 Å². The van der Waals surface area contributed by atoms with Gasteiger partial charge in [0.25, 0.3) is 0 Å². The minimum atomic E-state index is -0.177. The van der Waals surface area contributed by atoms with Crippen molar-refractivity contribution >= 4 is 44.4 Å². The van der Waals surface area contributed by atoms with E-state index in [1.807, 2.05) is 48.7 Å². The largest absolute Gasteiger partial charge is 0.298 e. The smallest absolute Gasteiger partial charge is 0.250 e. The van der Waals surface area contributed by atoms with E-state index in [1.54, 1.807) is 6.08 Å². The van der Waals surface area contributed by atoms with Crippen molar-refractivity contribution in [3.05, 3.63) is 87.3 Å². The van der Waals surface area contributed by atoms with E-state index in [1.165, 1.54) is 23.0 Å². The van der Waals surface area contributed by atoms with Crippen LogP contribution in [0.3, 0.4) is 0 Å². The fourth-order valence-corrected chi connectivity index (χ4v) is 3.25. The predicted molar refractivity (Wildman–Crippen MR) is 103 cm³/mol. The number of benzene rings is 2. The molecule has 1 N–H and O–H groups in total. The van der Waals surface area contributed by atoms with E-state index in [-0.39, 0.29) is 5.91 Å². The molecule has 0 aliphatic rings. The normalized spacial score (nSPS) is 10.9. The Morgan fingerprint density at radius 3 is 2.62 bits per heavy atom. The molecule has 3 rings (SSSR count). The lowest BCUT2D eigenvalue weighted by Gasteiger charge is -1.98. The zero-order valence-electron chi connectivity index (χ0n) is 12.8. The summed E-state index contributed by atoms with van der Waals surface area (Å²) in [5.74, 6) is -0.177. The summed E-state index contributed by atoms with van der Waals surface area (Å²) in [4.78, 5) is 17.3. The molecule has 24 heavy (non-hydrogen) atoms. The van der Waals surface area contributed by atoms with Crippen molar-refractivity contribution < 1.29 is 4.79 Å². The van der Waals surface area contributed by atoms with Gasteiger partial charge in [-0.2, -0.15) is 0 Å². The van der Waals surface area contributed by atoms with Gasteiger partial charge in [0, 0.05) is 28.0 Å². The lowest BCUT2D eigenvalue weighted by atomic mass is 10.1. The molecule has 3 aromatic rings. The second-order valence-corrected chi connectivity index (χ2v) is 7.20. The van der Waals surface area contributed by atoms with Gasteiger partial charge < -0.3 is 0 Å². The number of carbonyl (C=O) groups is 1. The maximum absolute atomic E-state index is 12.0. The topological polar surface area (TPSA) is 42.0 Å². The van der Waals surface area contributed by atoms with Crippen molar-refractivity contribution in [2.75, 3.05) is 5.32 Å². The monoisotopic (exact) mass is 398 g/mol. The number of halogens is 1. The third-order valence-electron chi connectivity index (χ3n) is 3.30. The molecule has 0 saturated carbocycles. The first-order valence-electron chi connectivity index (χ1n) is 7.42. The van der Waals surface area contributed by atoms with Crippen molar-refractivity contribution in [2.45, 2.75) is 6.42 Å². The highest BCUT2D eigenvalue weighted by Crippen LogP contribution is 2.22. The van der Waals surface area contributed by atoms with Gasteiger partial charge in [-0.05, 0) is 29.3 Å². The van der Waals surface area contributed by atoms with Crippen molar-refractivity contribution in [1.29, 1.82) is 0 Å². The maximum atomic E-state index is 12.0. The van der Waals surface area contributed by atoms with Crippen LogP contribution < -0.4 is 5.32 Å². The molecule has 1 aromatic heterocycles. The molecule has 5 heteroatoms. The maximum Gasteiger partial charge on any atom is 0.250 e. The van der Waals surface area contributed by atoms with Crippen LogP contribution in [0.5, 0.6) is 0 Å². The average Bonchev–Trinajstić information content (AvgIpc) is 3.03. The van der Waals surface area contributed by atoms with Gasteiger partial charge in [-0.1, -0.05) is 58.4 Å². The number of aromatic nitrogens is 1. The molecular weight excluding hydrogens is 384 g/mol. The molecule has 1 heterocycles. The van der Waals surface area contributed by atoms with Gasteiger partial charge in [-0.3, -0.25) is 10.1 Å². The molecule has 0 aliphatic carbocycles. The molecule has 0 spiro atoms. The summed E-state index contributed by atoms with van der Waals surface area (Å²) in [6.07, 6.45) is 5.92. The highest BCUT2D eigenvalue weighted by Gasteiger charge is 2.05. The van der Waals surface area contributed by atoms with Gasteiger partial charge >= 0.3 is 0 Å². The van der Waals surface area contributed by atoms with Crippen molar-refractivity contribution in [3.8, 4) is 0 Å². The Labute approximate surface area is 153 Å². The van der Waals surface area contributed by atoms with Crippen LogP contribution in [-0.2, 0) is 11.2 Å². The summed E-state index contributed by atoms with van der Waals surface area (Å²) in [5.41, 5.74) is 2.20. The first-order valence-corrected chi connectivity index (χ1v) is 9.03. The van der Waals surface area contributed by atoms with E-state index in [2.05, 4.69) is 38.4 Å². The summed E-state index contributed by atoms with van der Waals surface area (Å²) >= 11 is 4.92. The third kappa shape index (κ3) is 4.88. The number of carbonyl (C=O) groups excluding carboxylic acids is 1. The second-order valence-electron chi connectivity index (χ2n) is 5.17. The van der Waals surface area contributed by atoms with Crippen molar-refractivity contribution in [2.24, 2.45) is 0 Å². The molecule has 3 nitrogen and oxygen atoms in total. The van der Waals surface area contributed by atoms with E-state index in [9.17, 15) is 4.79 Å². The standard InChI is InChI=1S/C19H15BrN2OS/c20-16-9-6-15(7-10-16)12-17-13-21-19(24-17)22-18(23)11-8-14-4-2-1-3-5-14/h1-11,13H,12H2,(H,21,22,23)/b11-8+. The number of hydrogen-bond donors (Lipinski definition) is 1. The number of nitrogens with zero attached hydrogens (tertiary/aromatic N) is 1. The molecule has 2 aromatic carbocycles. The molecule has 1 amide bonds. The summed E-state index contributed by atoms with van der Waals surface area (Å²) in [7, 11) is 0. The summed E-state index contributed by atoms with van der Waals surface area (Å²) < 4.78 is 1.06. The van der Waals surface area contributed by atoms with Gasteiger partial charge in [-0.25, -0.2) is 4.98 Å². The minimum Gasteiger partial charge on any atom is -0.298 e. The molecule has 0 bridgehead atoms. The number of hydrogen-bond acceptors (Lipinski definition) is 3. The zero-order chi connectivity index (χ0) is 16.8. The number of nitrogens with one attached hydrogen (secondary N) is 1. The highest BCUT2D eigenvalue weighted by atomic mass is 79.9. The predicted octanol–water partition coefficient (Wildman–Crippen LogP) is 5.15. The first kappa shape index (κ1) is 16.6. The van der Waals surface area contributed by atoms with Crippen LogP contribution >= 0.6 is 27.3 Å². The Kier molecular flexibility index (Phi) is 5.56. The summed E-state index contributed by atoms with van der Waals surface area (Å²) in [6.45, 7) is 0. The molecule has 0 radical (unpaired) electrons. The van der Waals surface area contributed by atoms with Gasteiger partial charge in [-0.15, -0.1) is 11.3 Å². The molecular formula is C19H15BrN2OS. The number of amides is 1. The van der Waals surface area contributed by atoms with E-state index in [0.29, 0.717) is 5.13 Å². The molecule has 0 atom stereocenters. The highest BCUT2D eigenvalue weighted by molar-refractivity contribution is 9.10. The zero-order valence-corrected chi connectivity index (χ0v) is 15.2. The van der Waals surface area contributed by atoms with Gasteiger partial charge in [0.05, 0.1) is 0 Å². The van der Waals surface area contributed by atoms with Crippen LogP contribution in [0, 0.1) is 0 Å². The number of rotatable bonds is 5. The summed E-state index contributed by atoms with van der Waals surface area (Å²) in [6, 6.07) is 17.9. The van der Waals surface area contributed by atoms with Crippen LogP contribution in [-0.4, -0.2) is 10.9 Å². The third-order valence-corrected chi connectivity index (χ3v) is 4.74. The Bertz CT molecular complexity index is 841. The van der Waals surface area contributed by atoms with E-state index in [0.717, 1.165) is 21.3 Å². The first-order chi connectivity index (χ1) is 11.7.